The Morgan fingerprint density at radius 1 is 1.07 bits per heavy atom. The molecule has 7 nitrogen and oxygen atoms in total. The van der Waals surface area contributed by atoms with Crippen LogP contribution in [-0.2, 0) is 6.61 Å². The van der Waals surface area contributed by atoms with Crippen LogP contribution in [0, 0.1) is 0 Å². The first-order chi connectivity index (χ1) is 13.8. The second-order valence-corrected chi connectivity index (χ2v) is 7.62. The predicted octanol–water partition coefficient (Wildman–Crippen LogP) is 3.65. The molecule has 0 spiro atoms. The van der Waals surface area contributed by atoms with Crippen LogP contribution in [0.1, 0.15) is 54.5 Å². The van der Waals surface area contributed by atoms with Gasteiger partial charge in [-0.25, -0.2) is 9.97 Å². The third-order valence-corrected chi connectivity index (χ3v) is 5.62. The Kier molecular flexibility index (Phi) is 4.44. The number of anilines is 3. The Morgan fingerprint density at radius 3 is 2.71 bits per heavy atom. The van der Waals surface area contributed by atoms with Crippen LogP contribution in [0.15, 0.2) is 42.7 Å². The molecule has 3 heterocycles. The lowest BCUT2D eigenvalue weighted by Crippen LogP contribution is -2.23. The van der Waals surface area contributed by atoms with Crippen LogP contribution < -0.4 is 10.2 Å². The van der Waals surface area contributed by atoms with Crippen LogP contribution in [0.5, 0.6) is 0 Å². The third-order valence-electron chi connectivity index (χ3n) is 5.62. The molecule has 1 atom stereocenters. The average molecular weight is 376 g/mol. The highest BCUT2D eigenvalue weighted by Gasteiger charge is 2.28. The fourth-order valence-electron chi connectivity index (χ4n) is 3.94. The van der Waals surface area contributed by atoms with Crippen LogP contribution in [0.2, 0.25) is 0 Å². The highest BCUT2D eigenvalue weighted by molar-refractivity contribution is 5.57. The molecule has 1 unspecified atom stereocenters. The van der Waals surface area contributed by atoms with E-state index >= 15 is 0 Å². The SMILES string of the molecule is OCc1ccc(C2CCCN2c2cc(Nc3cc(C4CC4)[nH]n3)ncn2)cc1. The summed E-state index contributed by atoms with van der Waals surface area (Å²) in [7, 11) is 0. The van der Waals surface area contributed by atoms with Gasteiger partial charge in [0, 0.05) is 30.3 Å². The summed E-state index contributed by atoms with van der Waals surface area (Å²) < 4.78 is 0. The Labute approximate surface area is 163 Å². The van der Waals surface area contributed by atoms with E-state index in [9.17, 15) is 5.11 Å². The minimum absolute atomic E-state index is 0.0747. The monoisotopic (exact) mass is 376 g/mol. The standard InChI is InChI=1S/C21H24N6O/c28-12-14-3-5-16(6-4-14)18-2-1-9-27(18)21-11-19(22-13-23-21)24-20-10-17(25-26-20)15-7-8-15/h3-6,10-11,13,15,18,28H,1-2,7-9,12H2,(H2,22,23,24,25,26). The number of hydrogen-bond donors (Lipinski definition) is 3. The molecule has 1 aliphatic carbocycles. The quantitative estimate of drug-likeness (QED) is 0.608. The van der Waals surface area contributed by atoms with E-state index in [1.165, 1.54) is 24.1 Å². The van der Waals surface area contributed by atoms with Crippen molar-refractivity contribution in [2.45, 2.75) is 44.2 Å². The third kappa shape index (κ3) is 3.45. The van der Waals surface area contributed by atoms with Gasteiger partial charge in [0.2, 0.25) is 0 Å². The summed E-state index contributed by atoms with van der Waals surface area (Å²) in [5.41, 5.74) is 3.39. The smallest absolute Gasteiger partial charge is 0.153 e. The van der Waals surface area contributed by atoms with Gasteiger partial charge in [0.15, 0.2) is 5.82 Å². The lowest BCUT2D eigenvalue weighted by molar-refractivity contribution is 0.282. The molecule has 3 N–H and O–H groups in total. The van der Waals surface area contributed by atoms with Gasteiger partial charge in [-0.1, -0.05) is 24.3 Å². The van der Waals surface area contributed by atoms with Crippen molar-refractivity contribution in [3.8, 4) is 0 Å². The van der Waals surface area contributed by atoms with Gasteiger partial charge in [0.05, 0.1) is 12.6 Å². The number of nitrogens with zero attached hydrogens (tertiary/aromatic N) is 4. The van der Waals surface area contributed by atoms with Crippen LogP contribution in [0.25, 0.3) is 0 Å². The lowest BCUT2D eigenvalue weighted by atomic mass is 10.0. The van der Waals surface area contributed by atoms with Gasteiger partial charge in [-0.05, 0) is 36.8 Å². The van der Waals surface area contributed by atoms with E-state index in [4.69, 9.17) is 0 Å². The summed E-state index contributed by atoms with van der Waals surface area (Å²) >= 11 is 0. The first-order valence-electron chi connectivity index (χ1n) is 9.91. The van der Waals surface area contributed by atoms with Crippen molar-refractivity contribution >= 4 is 17.5 Å². The van der Waals surface area contributed by atoms with Crippen molar-refractivity contribution in [1.82, 2.24) is 20.2 Å². The predicted molar refractivity (Wildman–Crippen MR) is 108 cm³/mol. The number of aliphatic hydroxyl groups excluding tert-OH is 1. The van der Waals surface area contributed by atoms with Crippen LogP contribution in [-0.4, -0.2) is 31.8 Å². The average Bonchev–Trinajstić information content (AvgIpc) is 3.28. The number of aromatic amines is 1. The van der Waals surface area contributed by atoms with Crippen molar-refractivity contribution in [3.05, 3.63) is 59.5 Å². The molecule has 1 saturated heterocycles. The van der Waals surface area contributed by atoms with E-state index in [0.29, 0.717) is 12.0 Å². The van der Waals surface area contributed by atoms with Gasteiger partial charge < -0.3 is 15.3 Å². The molecule has 1 saturated carbocycles. The first kappa shape index (κ1) is 17.2. The van der Waals surface area contributed by atoms with Crippen molar-refractivity contribution in [3.63, 3.8) is 0 Å². The Bertz CT molecular complexity index is 950. The molecule has 7 heteroatoms. The van der Waals surface area contributed by atoms with Crippen molar-refractivity contribution < 1.29 is 5.11 Å². The Balaban J connectivity index is 1.35. The zero-order valence-electron chi connectivity index (χ0n) is 15.7. The fraction of sp³-hybridized carbons (Fsp3) is 0.381. The number of aliphatic hydroxyl groups is 1. The second kappa shape index (κ2) is 7.24. The van der Waals surface area contributed by atoms with Gasteiger partial charge in [-0.15, -0.1) is 0 Å². The van der Waals surface area contributed by atoms with Crippen LogP contribution >= 0.6 is 0 Å². The van der Waals surface area contributed by atoms with E-state index < -0.39 is 0 Å². The van der Waals surface area contributed by atoms with E-state index in [2.05, 4.69) is 48.6 Å². The maximum Gasteiger partial charge on any atom is 0.153 e. The fourth-order valence-corrected chi connectivity index (χ4v) is 3.94. The van der Waals surface area contributed by atoms with E-state index in [1.807, 2.05) is 18.2 Å². The van der Waals surface area contributed by atoms with E-state index in [-0.39, 0.29) is 6.61 Å². The largest absolute Gasteiger partial charge is 0.392 e. The number of benzene rings is 1. The minimum Gasteiger partial charge on any atom is -0.392 e. The Morgan fingerprint density at radius 2 is 1.93 bits per heavy atom. The van der Waals surface area contributed by atoms with Gasteiger partial charge >= 0.3 is 0 Å². The van der Waals surface area contributed by atoms with Gasteiger partial charge in [-0.3, -0.25) is 5.10 Å². The van der Waals surface area contributed by atoms with Crippen molar-refractivity contribution in [2.75, 3.05) is 16.8 Å². The molecule has 2 aliphatic rings. The number of nitrogens with one attached hydrogen (secondary N) is 2. The highest BCUT2D eigenvalue weighted by atomic mass is 16.3. The topological polar surface area (TPSA) is 90.0 Å². The molecule has 0 amide bonds. The summed E-state index contributed by atoms with van der Waals surface area (Å²) in [6, 6.07) is 12.6. The maximum absolute atomic E-state index is 9.27. The summed E-state index contributed by atoms with van der Waals surface area (Å²) in [5, 5.41) is 20.0. The summed E-state index contributed by atoms with van der Waals surface area (Å²) in [4.78, 5) is 11.2. The molecular weight excluding hydrogens is 352 g/mol. The molecule has 5 rings (SSSR count). The lowest BCUT2D eigenvalue weighted by Gasteiger charge is -2.26. The molecule has 2 fully saturated rings. The van der Waals surface area contributed by atoms with E-state index in [0.717, 1.165) is 42.4 Å². The maximum atomic E-state index is 9.27. The number of rotatable bonds is 6. The summed E-state index contributed by atoms with van der Waals surface area (Å²) in [6.45, 7) is 1.04. The molecule has 1 aliphatic heterocycles. The molecular formula is C21H24N6O. The Hall–Kier alpha value is -2.93. The molecule has 0 radical (unpaired) electrons. The molecule has 144 valence electrons. The normalized spacial score (nSPS) is 19.2. The summed E-state index contributed by atoms with van der Waals surface area (Å²) in [5.74, 6) is 3.11. The zero-order chi connectivity index (χ0) is 18.9. The number of H-pyrrole nitrogens is 1. The van der Waals surface area contributed by atoms with Crippen molar-refractivity contribution in [2.24, 2.45) is 0 Å². The minimum atomic E-state index is 0.0747. The molecule has 1 aromatic carbocycles. The second-order valence-electron chi connectivity index (χ2n) is 7.62. The first-order valence-corrected chi connectivity index (χ1v) is 9.91. The number of hydrogen-bond acceptors (Lipinski definition) is 6. The van der Waals surface area contributed by atoms with Crippen LogP contribution in [0.3, 0.4) is 0 Å². The number of aromatic nitrogens is 4. The summed E-state index contributed by atoms with van der Waals surface area (Å²) in [6.07, 6.45) is 6.32. The zero-order valence-corrected chi connectivity index (χ0v) is 15.7. The van der Waals surface area contributed by atoms with E-state index in [1.54, 1.807) is 6.33 Å². The van der Waals surface area contributed by atoms with Crippen molar-refractivity contribution in [1.29, 1.82) is 0 Å². The highest BCUT2D eigenvalue weighted by Crippen LogP contribution is 2.40. The van der Waals surface area contributed by atoms with Gasteiger partial charge in [-0.2, -0.15) is 5.10 Å². The molecule has 2 aromatic heterocycles. The van der Waals surface area contributed by atoms with Crippen LogP contribution in [0.4, 0.5) is 17.5 Å². The molecule has 0 bridgehead atoms. The van der Waals surface area contributed by atoms with Gasteiger partial charge in [0.1, 0.15) is 18.0 Å². The molecule has 3 aromatic rings. The molecule has 28 heavy (non-hydrogen) atoms. The van der Waals surface area contributed by atoms with Gasteiger partial charge in [0.25, 0.3) is 0 Å².